The number of rotatable bonds is 2. The van der Waals surface area contributed by atoms with Crippen molar-refractivity contribution in [1.82, 2.24) is 4.90 Å². The molecular formula is C13H17NO3. The average Bonchev–Trinajstić information content (AvgIpc) is 2.37. The Hall–Kier alpha value is -1.55. The Bertz CT molecular complexity index is 366. The predicted octanol–water partition coefficient (Wildman–Crippen LogP) is 2.04. The number of benzene rings is 1. The van der Waals surface area contributed by atoms with Gasteiger partial charge in [-0.15, -0.1) is 0 Å². The Kier molecular flexibility index (Phi) is 3.98. The number of carbonyl (C=O) groups excluding carboxylic acids is 1. The second kappa shape index (κ2) is 5.68. The van der Waals surface area contributed by atoms with Gasteiger partial charge in [0.05, 0.1) is 19.3 Å². The zero-order valence-electron chi connectivity index (χ0n) is 9.96. The number of amides is 1. The lowest BCUT2D eigenvalue weighted by molar-refractivity contribution is -0.0193. The normalized spacial score (nSPS) is 20.1. The molecule has 1 saturated heterocycles. The van der Waals surface area contributed by atoms with Crippen LogP contribution in [0.15, 0.2) is 30.3 Å². The van der Waals surface area contributed by atoms with E-state index in [0.717, 1.165) is 5.56 Å². The van der Waals surface area contributed by atoms with E-state index in [4.69, 9.17) is 9.47 Å². The number of hydrogen-bond donors (Lipinski definition) is 0. The lowest BCUT2D eigenvalue weighted by atomic mass is 10.2. The Labute approximate surface area is 101 Å². The molecular weight excluding hydrogens is 218 g/mol. The summed E-state index contributed by atoms with van der Waals surface area (Å²) in [6.07, 6.45) is -0.169. The van der Waals surface area contributed by atoms with Crippen molar-refractivity contribution < 1.29 is 14.3 Å². The second-order valence-electron chi connectivity index (χ2n) is 4.17. The van der Waals surface area contributed by atoms with Gasteiger partial charge >= 0.3 is 6.09 Å². The standard InChI is InChI=1S/C13H17NO3/c1-11-9-14(7-8-16-11)13(15)17-10-12-5-3-2-4-6-12/h2-6,11H,7-10H2,1H3. The molecule has 0 aromatic heterocycles. The molecule has 1 aromatic carbocycles. The Morgan fingerprint density at radius 2 is 2.24 bits per heavy atom. The number of ether oxygens (including phenoxy) is 2. The molecule has 0 radical (unpaired) electrons. The smallest absolute Gasteiger partial charge is 0.410 e. The van der Waals surface area contributed by atoms with Crippen LogP contribution in [0, 0.1) is 0 Å². The zero-order valence-corrected chi connectivity index (χ0v) is 9.96. The zero-order chi connectivity index (χ0) is 12.1. The highest BCUT2D eigenvalue weighted by Gasteiger charge is 2.22. The monoisotopic (exact) mass is 235 g/mol. The van der Waals surface area contributed by atoms with Gasteiger partial charge in [0.2, 0.25) is 0 Å². The fraction of sp³-hybridized carbons (Fsp3) is 0.462. The molecule has 0 N–H and O–H groups in total. The van der Waals surface area contributed by atoms with Crippen LogP contribution in [-0.4, -0.2) is 36.8 Å². The van der Waals surface area contributed by atoms with Crippen LogP contribution in [0.25, 0.3) is 0 Å². The number of nitrogens with zero attached hydrogens (tertiary/aromatic N) is 1. The van der Waals surface area contributed by atoms with Crippen molar-refractivity contribution in [2.45, 2.75) is 19.6 Å². The van der Waals surface area contributed by atoms with Crippen LogP contribution in [0.2, 0.25) is 0 Å². The Morgan fingerprint density at radius 1 is 1.47 bits per heavy atom. The molecule has 1 fully saturated rings. The number of morpholine rings is 1. The van der Waals surface area contributed by atoms with Gasteiger partial charge in [-0.25, -0.2) is 4.79 Å². The summed E-state index contributed by atoms with van der Waals surface area (Å²) in [4.78, 5) is 13.5. The first-order valence-corrected chi connectivity index (χ1v) is 5.83. The van der Waals surface area contributed by atoms with Gasteiger partial charge in [-0.2, -0.15) is 0 Å². The molecule has 0 bridgehead atoms. The van der Waals surface area contributed by atoms with Gasteiger partial charge in [0, 0.05) is 6.54 Å². The van der Waals surface area contributed by atoms with Crippen molar-refractivity contribution in [3.8, 4) is 0 Å². The molecule has 4 heteroatoms. The maximum absolute atomic E-state index is 11.8. The van der Waals surface area contributed by atoms with Crippen molar-refractivity contribution in [3.05, 3.63) is 35.9 Å². The molecule has 1 heterocycles. The molecule has 1 aliphatic rings. The van der Waals surface area contributed by atoms with E-state index in [1.54, 1.807) is 4.90 Å². The molecule has 1 amide bonds. The van der Waals surface area contributed by atoms with Gasteiger partial charge in [0.1, 0.15) is 6.61 Å². The predicted molar refractivity (Wildman–Crippen MR) is 63.6 cm³/mol. The largest absolute Gasteiger partial charge is 0.445 e. The van der Waals surface area contributed by atoms with Crippen molar-refractivity contribution in [1.29, 1.82) is 0 Å². The van der Waals surface area contributed by atoms with Crippen molar-refractivity contribution in [2.24, 2.45) is 0 Å². The van der Waals surface area contributed by atoms with E-state index < -0.39 is 0 Å². The van der Waals surface area contributed by atoms with E-state index in [1.165, 1.54) is 0 Å². The van der Waals surface area contributed by atoms with Crippen molar-refractivity contribution in [3.63, 3.8) is 0 Å². The van der Waals surface area contributed by atoms with E-state index in [9.17, 15) is 4.79 Å². The summed E-state index contributed by atoms with van der Waals surface area (Å²) in [5, 5.41) is 0. The minimum Gasteiger partial charge on any atom is -0.445 e. The maximum atomic E-state index is 11.8. The molecule has 1 aromatic rings. The minimum absolute atomic E-state index is 0.0908. The lowest BCUT2D eigenvalue weighted by Crippen LogP contribution is -2.44. The summed E-state index contributed by atoms with van der Waals surface area (Å²) < 4.78 is 10.6. The molecule has 0 saturated carbocycles. The fourth-order valence-corrected chi connectivity index (χ4v) is 1.79. The van der Waals surface area contributed by atoms with E-state index in [-0.39, 0.29) is 12.2 Å². The molecule has 0 aliphatic carbocycles. The third-order valence-corrected chi connectivity index (χ3v) is 2.70. The van der Waals surface area contributed by atoms with Crippen LogP contribution in [0.1, 0.15) is 12.5 Å². The number of carbonyl (C=O) groups is 1. The topological polar surface area (TPSA) is 38.8 Å². The molecule has 4 nitrogen and oxygen atoms in total. The van der Waals surface area contributed by atoms with Crippen LogP contribution < -0.4 is 0 Å². The highest BCUT2D eigenvalue weighted by molar-refractivity contribution is 5.67. The van der Waals surface area contributed by atoms with Gasteiger partial charge in [-0.05, 0) is 12.5 Å². The molecule has 0 spiro atoms. The highest BCUT2D eigenvalue weighted by Crippen LogP contribution is 2.08. The third-order valence-electron chi connectivity index (χ3n) is 2.70. The molecule has 17 heavy (non-hydrogen) atoms. The minimum atomic E-state index is -0.260. The van der Waals surface area contributed by atoms with Gasteiger partial charge in [0.15, 0.2) is 0 Å². The molecule has 2 rings (SSSR count). The summed E-state index contributed by atoms with van der Waals surface area (Å²) in [6.45, 7) is 4.08. The summed E-state index contributed by atoms with van der Waals surface area (Å²) >= 11 is 0. The first-order valence-electron chi connectivity index (χ1n) is 5.83. The van der Waals surface area contributed by atoms with Crippen LogP contribution >= 0.6 is 0 Å². The van der Waals surface area contributed by atoms with Gasteiger partial charge < -0.3 is 14.4 Å². The van der Waals surface area contributed by atoms with E-state index >= 15 is 0 Å². The quantitative estimate of drug-likeness (QED) is 0.787. The van der Waals surface area contributed by atoms with Gasteiger partial charge in [-0.1, -0.05) is 30.3 Å². The molecule has 1 aliphatic heterocycles. The first-order chi connectivity index (χ1) is 8.25. The van der Waals surface area contributed by atoms with E-state index in [2.05, 4.69) is 0 Å². The van der Waals surface area contributed by atoms with Gasteiger partial charge in [-0.3, -0.25) is 0 Å². The average molecular weight is 235 g/mol. The van der Waals surface area contributed by atoms with Crippen molar-refractivity contribution in [2.75, 3.05) is 19.7 Å². The third kappa shape index (κ3) is 3.46. The van der Waals surface area contributed by atoms with Gasteiger partial charge in [0.25, 0.3) is 0 Å². The van der Waals surface area contributed by atoms with Crippen LogP contribution in [0.5, 0.6) is 0 Å². The van der Waals surface area contributed by atoms with Crippen LogP contribution in [-0.2, 0) is 16.1 Å². The van der Waals surface area contributed by atoms with Crippen LogP contribution in [0.4, 0.5) is 4.79 Å². The fourth-order valence-electron chi connectivity index (χ4n) is 1.79. The second-order valence-corrected chi connectivity index (χ2v) is 4.17. The maximum Gasteiger partial charge on any atom is 0.410 e. The summed E-state index contributed by atoms with van der Waals surface area (Å²) in [5.41, 5.74) is 1.00. The Balaban J connectivity index is 1.81. The summed E-state index contributed by atoms with van der Waals surface area (Å²) in [5.74, 6) is 0. The SMILES string of the molecule is CC1CN(C(=O)OCc2ccccc2)CCO1. The molecule has 92 valence electrons. The number of hydrogen-bond acceptors (Lipinski definition) is 3. The Morgan fingerprint density at radius 3 is 2.94 bits per heavy atom. The summed E-state index contributed by atoms with van der Waals surface area (Å²) in [7, 11) is 0. The van der Waals surface area contributed by atoms with Crippen LogP contribution in [0.3, 0.4) is 0 Å². The highest BCUT2D eigenvalue weighted by atomic mass is 16.6. The lowest BCUT2D eigenvalue weighted by Gasteiger charge is -2.30. The van der Waals surface area contributed by atoms with E-state index in [1.807, 2.05) is 37.3 Å². The molecule has 1 atom stereocenters. The summed E-state index contributed by atoms with van der Waals surface area (Å²) in [6, 6.07) is 9.68. The van der Waals surface area contributed by atoms with E-state index in [0.29, 0.717) is 26.3 Å². The first kappa shape index (κ1) is 11.9. The molecule has 1 unspecified atom stereocenters. The van der Waals surface area contributed by atoms with Crippen molar-refractivity contribution >= 4 is 6.09 Å².